The van der Waals surface area contributed by atoms with Crippen molar-refractivity contribution < 1.29 is 14.3 Å². The van der Waals surface area contributed by atoms with E-state index in [2.05, 4.69) is 15.0 Å². The summed E-state index contributed by atoms with van der Waals surface area (Å²) >= 11 is 6.11. The maximum absolute atomic E-state index is 12.1. The number of rotatable bonds is 4. The average molecular weight is 295 g/mol. The van der Waals surface area contributed by atoms with E-state index in [9.17, 15) is 9.59 Å². The molecular weight excluding hydrogens is 280 g/mol. The lowest BCUT2D eigenvalue weighted by Crippen LogP contribution is -2.31. The number of amides is 1. The number of hydrogen-bond acceptors (Lipinski definition) is 3. The number of benzene rings is 1. The van der Waals surface area contributed by atoms with E-state index in [0.29, 0.717) is 16.0 Å². The van der Waals surface area contributed by atoms with Crippen LogP contribution in [0.15, 0.2) is 24.4 Å². The van der Waals surface area contributed by atoms with E-state index >= 15 is 0 Å². The topological polar surface area (TPSA) is 71.2 Å². The van der Waals surface area contributed by atoms with Crippen molar-refractivity contribution in [2.45, 2.75) is 6.92 Å². The van der Waals surface area contributed by atoms with Gasteiger partial charge in [-0.1, -0.05) is 24.6 Å². The largest absolute Gasteiger partial charge is 0.469 e. The normalized spacial score (nSPS) is 12.2. The number of nitrogens with one attached hydrogen (secondary N) is 2. The van der Waals surface area contributed by atoms with Gasteiger partial charge in [-0.15, -0.1) is 0 Å². The molecule has 1 atom stereocenters. The SMILES string of the molecule is COC(=O)C(C)CNC(=O)c1c[nH]c2cccc(Cl)c12. The van der Waals surface area contributed by atoms with Crippen LogP contribution in [-0.2, 0) is 9.53 Å². The summed E-state index contributed by atoms with van der Waals surface area (Å²) in [5.41, 5.74) is 1.26. The lowest BCUT2D eigenvalue weighted by atomic mass is 10.1. The summed E-state index contributed by atoms with van der Waals surface area (Å²) in [5.74, 6) is -1.04. The molecule has 0 radical (unpaired) electrons. The number of carbonyl (C=O) groups excluding carboxylic acids is 2. The number of ether oxygens (including phenoxy) is 1. The van der Waals surface area contributed by atoms with Crippen molar-refractivity contribution in [1.82, 2.24) is 10.3 Å². The predicted octanol–water partition coefficient (Wildman–Crippen LogP) is 2.36. The summed E-state index contributed by atoms with van der Waals surface area (Å²) in [6.07, 6.45) is 1.61. The fourth-order valence-electron chi connectivity index (χ4n) is 1.94. The van der Waals surface area contributed by atoms with Crippen molar-refractivity contribution in [3.63, 3.8) is 0 Å². The number of methoxy groups -OCH3 is 1. The van der Waals surface area contributed by atoms with Crippen LogP contribution < -0.4 is 5.32 Å². The van der Waals surface area contributed by atoms with Crippen molar-refractivity contribution in [2.24, 2.45) is 5.92 Å². The van der Waals surface area contributed by atoms with Crippen LogP contribution in [0.25, 0.3) is 10.9 Å². The molecule has 106 valence electrons. The second-order valence-corrected chi connectivity index (χ2v) is 4.91. The van der Waals surface area contributed by atoms with Gasteiger partial charge in [0.15, 0.2) is 0 Å². The Kier molecular flexibility index (Phi) is 4.29. The zero-order valence-electron chi connectivity index (χ0n) is 11.2. The number of hydrogen-bond donors (Lipinski definition) is 2. The summed E-state index contributed by atoms with van der Waals surface area (Å²) in [6.45, 7) is 1.90. The maximum Gasteiger partial charge on any atom is 0.310 e. The Bertz CT molecular complexity index is 651. The molecule has 0 bridgehead atoms. The molecule has 0 fully saturated rings. The van der Waals surface area contributed by atoms with E-state index in [4.69, 9.17) is 11.6 Å². The molecule has 1 unspecified atom stereocenters. The zero-order chi connectivity index (χ0) is 14.7. The van der Waals surface area contributed by atoms with Gasteiger partial charge < -0.3 is 15.0 Å². The third kappa shape index (κ3) is 2.77. The fraction of sp³-hybridized carbons (Fsp3) is 0.286. The molecule has 1 aromatic heterocycles. The number of fused-ring (bicyclic) bond motifs is 1. The molecule has 0 saturated heterocycles. The van der Waals surface area contributed by atoms with Gasteiger partial charge in [-0.2, -0.15) is 0 Å². The number of aromatic nitrogens is 1. The molecule has 0 aliphatic rings. The van der Waals surface area contributed by atoms with E-state index in [1.165, 1.54) is 7.11 Å². The van der Waals surface area contributed by atoms with Crippen LogP contribution in [-0.4, -0.2) is 30.5 Å². The van der Waals surface area contributed by atoms with Crippen LogP contribution in [0.3, 0.4) is 0 Å². The second kappa shape index (κ2) is 5.96. The highest BCUT2D eigenvalue weighted by atomic mass is 35.5. The van der Waals surface area contributed by atoms with Crippen molar-refractivity contribution >= 4 is 34.4 Å². The average Bonchev–Trinajstić information content (AvgIpc) is 2.89. The molecule has 1 heterocycles. The first-order valence-corrected chi connectivity index (χ1v) is 6.54. The molecule has 0 spiro atoms. The third-order valence-corrected chi connectivity index (χ3v) is 3.39. The van der Waals surface area contributed by atoms with E-state index in [0.717, 1.165) is 5.52 Å². The highest BCUT2D eigenvalue weighted by Crippen LogP contribution is 2.26. The van der Waals surface area contributed by atoms with Gasteiger partial charge in [-0.05, 0) is 12.1 Å². The van der Waals surface area contributed by atoms with Crippen molar-refractivity contribution in [2.75, 3.05) is 13.7 Å². The van der Waals surface area contributed by atoms with Crippen LogP contribution in [0.4, 0.5) is 0 Å². The van der Waals surface area contributed by atoms with Crippen molar-refractivity contribution in [3.05, 3.63) is 35.0 Å². The fourth-order valence-corrected chi connectivity index (χ4v) is 2.22. The highest BCUT2D eigenvalue weighted by molar-refractivity contribution is 6.36. The quantitative estimate of drug-likeness (QED) is 0.850. The molecular formula is C14H15ClN2O3. The molecule has 1 amide bonds. The van der Waals surface area contributed by atoms with E-state index in [1.807, 2.05) is 12.1 Å². The molecule has 2 rings (SSSR count). The van der Waals surface area contributed by atoms with E-state index in [-0.39, 0.29) is 18.4 Å². The molecule has 2 aromatic rings. The van der Waals surface area contributed by atoms with Crippen LogP contribution in [0.2, 0.25) is 5.02 Å². The van der Waals surface area contributed by atoms with Gasteiger partial charge in [0, 0.05) is 23.6 Å². The Balaban J connectivity index is 2.14. The van der Waals surface area contributed by atoms with Gasteiger partial charge in [0.2, 0.25) is 0 Å². The molecule has 6 heteroatoms. The maximum atomic E-state index is 12.1. The van der Waals surface area contributed by atoms with E-state index < -0.39 is 5.92 Å². The van der Waals surface area contributed by atoms with Crippen LogP contribution in [0.5, 0.6) is 0 Å². The molecule has 0 aliphatic carbocycles. The van der Waals surface area contributed by atoms with Crippen molar-refractivity contribution in [1.29, 1.82) is 0 Å². The third-order valence-electron chi connectivity index (χ3n) is 3.07. The Morgan fingerprint density at radius 1 is 1.45 bits per heavy atom. The monoisotopic (exact) mass is 294 g/mol. The number of halogens is 1. The predicted molar refractivity (Wildman–Crippen MR) is 76.8 cm³/mol. The lowest BCUT2D eigenvalue weighted by Gasteiger charge is -2.10. The summed E-state index contributed by atoms with van der Waals surface area (Å²) in [4.78, 5) is 26.4. The first kappa shape index (κ1) is 14.4. The minimum Gasteiger partial charge on any atom is -0.469 e. The Hall–Kier alpha value is -2.01. The first-order chi connectivity index (χ1) is 9.54. The van der Waals surface area contributed by atoms with Crippen LogP contribution >= 0.6 is 11.6 Å². The molecule has 0 aliphatic heterocycles. The number of H-pyrrole nitrogens is 1. The zero-order valence-corrected chi connectivity index (χ0v) is 12.0. The van der Waals surface area contributed by atoms with Crippen LogP contribution in [0.1, 0.15) is 17.3 Å². The molecule has 1 aromatic carbocycles. The molecule has 20 heavy (non-hydrogen) atoms. The Morgan fingerprint density at radius 2 is 2.20 bits per heavy atom. The lowest BCUT2D eigenvalue weighted by molar-refractivity contribution is -0.144. The minimum atomic E-state index is -0.398. The summed E-state index contributed by atoms with van der Waals surface area (Å²) in [6, 6.07) is 5.38. The van der Waals surface area contributed by atoms with Crippen molar-refractivity contribution in [3.8, 4) is 0 Å². The molecule has 5 nitrogen and oxygen atoms in total. The van der Waals surface area contributed by atoms with Gasteiger partial charge >= 0.3 is 5.97 Å². The molecule has 0 saturated carbocycles. The van der Waals surface area contributed by atoms with Crippen LogP contribution in [0, 0.1) is 5.92 Å². The van der Waals surface area contributed by atoms with Gasteiger partial charge in [0.25, 0.3) is 5.91 Å². The van der Waals surface area contributed by atoms with Gasteiger partial charge in [-0.3, -0.25) is 9.59 Å². The first-order valence-electron chi connectivity index (χ1n) is 6.16. The smallest absolute Gasteiger partial charge is 0.310 e. The summed E-state index contributed by atoms with van der Waals surface area (Å²) in [7, 11) is 1.32. The number of esters is 1. The standard InChI is InChI=1S/C14H15ClN2O3/c1-8(14(19)20-2)6-17-13(18)9-7-16-11-5-3-4-10(15)12(9)11/h3-5,7-8,16H,6H2,1-2H3,(H,17,18). The second-order valence-electron chi connectivity index (χ2n) is 4.50. The van der Waals surface area contributed by atoms with Gasteiger partial charge in [0.05, 0.1) is 23.6 Å². The summed E-state index contributed by atoms with van der Waals surface area (Å²) in [5, 5.41) is 3.89. The molecule has 2 N–H and O–H groups in total. The Morgan fingerprint density at radius 3 is 2.90 bits per heavy atom. The van der Waals surface area contributed by atoms with E-state index in [1.54, 1.807) is 19.2 Å². The number of carbonyl (C=O) groups is 2. The summed E-state index contributed by atoms with van der Waals surface area (Å²) < 4.78 is 4.61. The Labute approximate surface area is 121 Å². The van der Waals surface area contributed by atoms with Gasteiger partial charge in [0.1, 0.15) is 0 Å². The highest BCUT2D eigenvalue weighted by Gasteiger charge is 2.17. The minimum absolute atomic E-state index is 0.211. The van der Waals surface area contributed by atoms with Gasteiger partial charge in [-0.25, -0.2) is 0 Å². The number of aromatic amines is 1.